The van der Waals surface area contributed by atoms with E-state index in [1.807, 2.05) is 66.3 Å². The van der Waals surface area contributed by atoms with Gasteiger partial charge in [0.15, 0.2) is 5.16 Å². The summed E-state index contributed by atoms with van der Waals surface area (Å²) in [6.45, 7) is 4.03. The van der Waals surface area contributed by atoms with Gasteiger partial charge in [-0.1, -0.05) is 35.5 Å². The van der Waals surface area contributed by atoms with Crippen molar-refractivity contribution in [3.05, 3.63) is 86.8 Å². The van der Waals surface area contributed by atoms with E-state index in [0.717, 1.165) is 28.3 Å². The van der Waals surface area contributed by atoms with Gasteiger partial charge in [0.05, 0.1) is 5.75 Å². The minimum atomic E-state index is -0.0829. The van der Waals surface area contributed by atoms with Crippen molar-refractivity contribution in [2.45, 2.75) is 25.4 Å². The van der Waals surface area contributed by atoms with E-state index in [-0.39, 0.29) is 11.7 Å². The summed E-state index contributed by atoms with van der Waals surface area (Å²) in [6.07, 6.45) is 0.669. The van der Waals surface area contributed by atoms with Crippen LogP contribution >= 0.6 is 34.7 Å². The maximum atomic E-state index is 12.6. The second kappa shape index (κ2) is 9.68. The van der Waals surface area contributed by atoms with Gasteiger partial charge < -0.3 is 5.32 Å². The number of aromatic nitrogens is 3. The molecule has 0 bridgehead atoms. The van der Waals surface area contributed by atoms with E-state index in [1.54, 1.807) is 11.3 Å². The minimum Gasteiger partial charge on any atom is -0.325 e. The standard InChI is InChI=1S/C23H21ClN4OS2/c1-15-10-16(2)12-18(11-15)25-22(29)14-31-23-27-26-21(13-20-4-3-9-30-20)28(23)19-7-5-17(24)6-8-19/h3-12H,13-14H2,1-2H3,(H,25,29). The Bertz CT molecular complexity index is 1170. The van der Waals surface area contributed by atoms with Crippen molar-refractivity contribution < 1.29 is 4.79 Å². The molecular weight excluding hydrogens is 448 g/mol. The molecule has 4 rings (SSSR count). The highest BCUT2D eigenvalue weighted by molar-refractivity contribution is 7.99. The first-order chi connectivity index (χ1) is 15.0. The molecule has 31 heavy (non-hydrogen) atoms. The Balaban J connectivity index is 1.53. The van der Waals surface area contributed by atoms with Crippen molar-refractivity contribution in [1.29, 1.82) is 0 Å². The van der Waals surface area contributed by atoms with Crippen LogP contribution in [-0.4, -0.2) is 26.4 Å². The molecule has 0 saturated carbocycles. The van der Waals surface area contributed by atoms with E-state index in [0.29, 0.717) is 16.6 Å². The average molecular weight is 469 g/mol. The van der Waals surface area contributed by atoms with E-state index in [4.69, 9.17) is 11.6 Å². The molecule has 4 aromatic rings. The maximum Gasteiger partial charge on any atom is 0.234 e. The fourth-order valence-corrected chi connectivity index (χ4v) is 4.90. The van der Waals surface area contributed by atoms with E-state index in [2.05, 4.69) is 27.6 Å². The number of carbonyl (C=O) groups excluding carboxylic acids is 1. The van der Waals surface area contributed by atoms with Gasteiger partial charge in [-0.15, -0.1) is 21.5 Å². The molecule has 1 N–H and O–H groups in total. The SMILES string of the molecule is Cc1cc(C)cc(NC(=O)CSc2nnc(Cc3cccs3)n2-c2ccc(Cl)cc2)c1. The lowest BCUT2D eigenvalue weighted by Crippen LogP contribution is -2.15. The third-order valence-corrected chi connectivity index (χ3v) is 6.59. The molecule has 0 saturated heterocycles. The molecule has 1 amide bonds. The highest BCUT2D eigenvalue weighted by Crippen LogP contribution is 2.26. The summed E-state index contributed by atoms with van der Waals surface area (Å²) < 4.78 is 1.99. The fourth-order valence-electron chi connectivity index (χ4n) is 3.30. The lowest BCUT2D eigenvalue weighted by atomic mass is 10.1. The quantitative estimate of drug-likeness (QED) is 0.342. The summed E-state index contributed by atoms with van der Waals surface area (Å²) in [5, 5.41) is 15.1. The molecule has 0 radical (unpaired) electrons. The summed E-state index contributed by atoms with van der Waals surface area (Å²) in [4.78, 5) is 13.8. The van der Waals surface area contributed by atoms with Crippen molar-refractivity contribution in [3.63, 3.8) is 0 Å². The molecule has 0 atom stereocenters. The molecule has 0 fully saturated rings. The second-order valence-electron chi connectivity index (χ2n) is 7.18. The third-order valence-electron chi connectivity index (χ3n) is 4.54. The monoisotopic (exact) mass is 468 g/mol. The molecule has 2 heterocycles. The molecular formula is C23H21ClN4OS2. The number of nitrogens with zero attached hydrogens (tertiary/aromatic N) is 3. The van der Waals surface area contributed by atoms with Crippen LogP contribution in [0, 0.1) is 13.8 Å². The van der Waals surface area contributed by atoms with Gasteiger partial charge in [-0.05, 0) is 72.8 Å². The summed E-state index contributed by atoms with van der Waals surface area (Å²) in [5.41, 5.74) is 3.95. The van der Waals surface area contributed by atoms with Crippen molar-refractivity contribution in [3.8, 4) is 5.69 Å². The zero-order chi connectivity index (χ0) is 21.8. The first-order valence-corrected chi connectivity index (χ1v) is 12.0. The Morgan fingerprint density at radius 3 is 2.52 bits per heavy atom. The Morgan fingerprint density at radius 2 is 1.84 bits per heavy atom. The lowest BCUT2D eigenvalue weighted by Gasteiger charge is -2.11. The molecule has 0 unspecified atom stereocenters. The molecule has 8 heteroatoms. The summed E-state index contributed by atoms with van der Waals surface area (Å²) in [7, 11) is 0. The van der Waals surface area contributed by atoms with Crippen LogP contribution < -0.4 is 5.32 Å². The zero-order valence-electron chi connectivity index (χ0n) is 17.1. The van der Waals surface area contributed by atoms with Crippen LogP contribution in [0.5, 0.6) is 0 Å². The molecule has 5 nitrogen and oxygen atoms in total. The highest BCUT2D eigenvalue weighted by atomic mass is 35.5. The number of thiophene rings is 1. The number of aryl methyl sites for hydroxylation is 2. The van der Waals surface area contributed by atoms with Crippen LogP contribution in [0.25, 0.3) is 5.69 Å². The van der Waals surface area contributed by atoms with Crippen LogP contribution in [0.2, 0.25) is 5.02 Å². The van der Waals surface area contributed by atoms with Gasteiger partial charge in [0.25, 0.3) is 0 Å². The number of benzene rings is 2. The minimum absolute atomic E-state index is 0.0829. The smallest absolute Gasteiger partial charge is 0.234 e. The van der Waals surface area contributed by atoms with Gasteiger partial charge in [-0.2, -0.15) is 0 Å². The number of halogens is 1. The number of hydrogen-bond donors (Lipinski definition) is 1. The van der Waals surface area contributed by atoms with Crippen LogP contribution in [0.3, 0.4) is 0 Å². The predicted octanol–water partition coefficient (Wildman–Crippen LogP) is 5.92. The van der Waals surface area contributed by atoms with Gasteiger partial charge in [0.2, 0.25) is 5.91 Å². The fraction of sp³-hybridized carbons (Fsp3) is 0.174. The van der Waals surface area contributed by atoms with E-state index < -0.39 is 0 Å². The zero-order valence-corrected chi connectivity index (χ0v) is 19.5. The third kappa shape index (κ3) is 5.55. The van der Waals surface area contributed by atoms with E-state index in [9.17, 15) is 4.79 Å². The van der Waals surface area contributed by atoms with E-state index in [1.165, 1.54) is 16.6 Å². The average Bonchev–Trinajstić information content (AvgIpc) is 3.37. The number of nitrogens with one attached hydrogen (secondary N) is 1. The van der Waals surface area contributed by atoms with Crippen molar-refractivity contribution in [1.82, 2.24) is 14.8 Å². The number of rotatable bonds is 7. The summed E-state index contributed by atoms with van der Waals surface area (Å²) in [6, 6.07) is 17.7. The topological polar surface area (TPSA) is 59.8 Å². The number of carbonyl (C=O) groups is 1. The molecule has 2 aromatic heterocycles. The van der Waals surface area contributed by atoms with Crippen LogP contribution in [-0.2, 0) is 11.2 Å². The largest absolute Gasteiger partial charge is 0.325 e. The van der Waals surface area contributed by atoms with Crippen LogP contribution in [0.1, 0.15) is 21.8 Å². The highest BCUT2D eigenvalue weighted by Gasteiger charge is 2.17. The van der Waals surface area contributed by atoms with Gasteiger partial charge in [-0.25, -0.2) is 0 Å². The molecule has 158 valence electrons. The van der Waals surface area contributed by atoms with Crippen LogP contribution in [0.4, 0.5) is 5.69 Å². The van der Waals surface area contributed by atoms with Gasteiger partial charge in [0.1, 0.15) is 5.82 Å². The van der Waals surface area contributed by atoms with Gasteiger partial charge >= 0.3 is 0 Å². The summed E-state index contributed by atoms with van der Waals surface area (Å²) >= 11 is 9.12. The second-order valence-corrected chi connectivity index (χ2v) is 9.59. The number of hydrogen-bond acceptors (Lipinski definition) is 5. The first-order valence-electron chi connectivity index (χ1n) is 9.71. The molecule has 0 aliphatic rings. The van der Waals surface area contributed by atoms with Gasteiger partial charge in [0, 0.05) is 27.7 Å². The number of anilines is 1. The molecule has 0 aliphatic heterocycles. The number of amides is 1. The van der Waals surface area contributed by atoms with Crippen molar-refractivity contribution >= 4 is 46.3 Å². The predicted molar refractivity (Wildman–Crippen MR) is 129 cm³/mol. The Labute approximate surface area is 194 Å². The van der Waals surface area contributed by atoms with Crippen LogP contribution in [0.15, 0.2) is 65.1 Å². The van der Waals surface area contributed by atoms with Crippen molar-refractivity contribution in [2.24, 2.45) is 0 Å². The Hall–Kier alpha value is -2.61. The lowest BCUT2D eigenvalue weighted by molar-refractivity contribution is -0.113. The number of thioether (sulfide) groups is 1. The Morgan fingerprint density at radius 1 is 1.10 bits per heavy atom. The van der Waals surface area contributed by atoms with Crippen molar-refractivity contribution in [2.75, 3.05) is 11.1 Å². The Kier molecular flexibility index (Phi) is 6.75. The molecule has 2 aromatic carbocycles. The van der Waals surface area contributed by atoms with E-state index >= 15 is 0 Å². The first kappa shape index (κ1) is 21.6. The molecule has 0 spiro atoms. The summed E-state index contributed by atoms with van der Waals surface area (Å²) in [5.74, 6) is 0.972. The van der Waals surface area contributed by atoms with Gasteiger partial charge in [-0.3, -0.25) is 9.36 Å². The molecule has 0 aliphatic carbocycles. The maximum absolute atomic E-state index is 12.6. The normalized spacial score (nSPS) is 10.9.